The van der Waals surface area contributed by atoms with Crippen molar-refractivity contribution in [3.05, 3.63) is 0 Å². The molecule has 27 N–H and O–H groups in total. The molecule has 0 spiro atoms. The van der Waals surface area contributed by atoms with Gasteiger partial charge in [0.05, 0.1) is 83.4 Å². The van der Waals surface area contributed by atoms with Gasteiger partial charge in [-0.2, -0.15) is 0 Å². The van der Waals surface area contributed by atoms with Gasteiger partial charge in [-0.15, -0.1) is 0 Å². The predicted octanol–water partition coefficient (Wildman–Crippen LogP) is -11.2. The first kappa shape index (κ1) is 107. The summed E-state index contributed by atoms with van der Waals surface area (Å²) < 4.78 is 55.9. The Kier molecular flexibility index (Phi) is 49.8. The van der Waals surface area contributed by atoms with Crippen LogP contribution in [0.4, 0.5) is 0 Å². The fraction of sp³-hybridized carbons (Fsp3) is 0.867. The Hall–Kier alpha value is -6.02. The third-order valence-corrected chi connectivity index (χ3v) is 20.9. The molecule has 700 valence electrons. The SMILES string of the molecule is CC(=O)[C@H](CCCCN)NC(=O)CCCCCNC(=O)CN(CC(=O)NCCCCCC(=O)N1CC(C(=O)CCCO[C@@H]2O[C@@H](C)[C@@H](O)[C@@H](O)[C@@H]2O)CC(C(=O)NCCO[C@@H]2O[C@@H](C)[C@@H](O)[C@@H](O)[C@@H]2O)C1)CC(=O)NCCO[C@H]1O[C@H](CO[C@H]2O[C@H](CO)[C@@H](O)[C@H](O)[C@@H]2O)[C@@H](O)[C@H](O[C@H]2O[C@H](CO)[C@@H](O)[C@H](O)[C@@H]2O)[C@@H]1O.CCC(N)=O.CCC(N)=O. The third kappa shape index (κ3) is 36.1. The van der Waals surface area contributed by atoms with E-state index in [4.69, 9.17) is 53.1 Å². The Morgan fingerprint density at radius 1 is 0.446 bits per heavy atom. The lowest BCUT2D eigenvalue weighted by atomic mass is 9.84. The number of nitrogens with zero attached hydrogens (tertiary/aromatic N) is 2. The number of aliphatic hydroxyl groups is 16. The fourth-order valence-corrected chi connectivity index (χ4v) is 13.5. The molecular formula is C75H134N10O36. The average Bonchev–Trinajstić information content (AvgIpc) is 0.783. The van der Waals surface area contributed by atoms with Crippen molar-refractivity contribution in [2.24, 2.45) is 29.0 Å². The number of ether oxygens (including phenoxy) is 10. The molecule has 6 heterocycles. The summed E-state index contributed by atoms with van der Waals surface area (Å²) in [6.07, 6.45) is -34.9. The van der Waals surface area contributed by atoms with Crippen LogP contribution < -0.4 is 43.8 Å². The van der Waals surface area contributed by atoms with Crippen LogP contribution in [0, 0.1) is 11.8 Å². The molecule has 0 aromatic heterocycles. The van der Waals surface area contributed by atoms with Crippen molar-refractivity contribution in [1.82, 2.24) is 36.4 Å². The molecule has 0 aliphatic carbocycles. The van der Waals surface area contributed by atoms with Crippen molar-refractivity contribution < 1.29 is 177 Å². The molecular weight excluding hydrogens is 1620 g/mol. The highest BCUT2D eigenvalue weighted by atomic mass is 16.8. The minimum atomic E-state index is -2.02. The lowest BCUT2D eigenvalue weighted by Gasteiger charge is -2.46. The highest BCUT2D eigenvalue weighted by Crippen LogP contribution is 2.33. The number of rotatable bonds is 48. The summed E-state index contributed by atoms with van der Waals surface area (Å²) >= 11 is 0. The normalized spacial score (nSPS) is 32.6. The topological polar surface area (TPSA) is 731 Å². The van der Waals surface area contributed by atoms with Crippen LogP contribution >= 0.6 is 0 Å². The number of ketones is 2. The van der Waals surface area contributed by atoms with Gasteiger partial charge < -0.3 is 178 Å². The standard InChI is InChI=1S/C69H120N8O34.2C3H7NO/c1-34(80)39(13-8-9-17-70)75-44(82)15-6-4-10-18-71-45(83)28-76(30-47(85)73-20-23-104-68-62(100)63(111-69-61(99)57(95)52(90)42(32-79)109-69)53(91)43(110-68)33-105-67-60(98)56(94)51(89)41(31-78)108-67)29-46(84)72-19-11-5-7-16-48(86)77-26-37(40(81)14-12-22-102-65-58(96)54(92)49(87)35(2)106-65)25-38(27-77)64(101)74-21-24-103-66-59(97)55(93)50(88)36(3)107-66;2*1-2-3(4)5/h35-39,41-43,49-63,65-69,78-79,87-100H,4-33,70H2,1-3H3,(H,71,83)(H,72,84)(H,73,85)(H,74,101)(H,75,82);2*2H2,1H3,(H2,4,5)/t35-,36-,37?,38?,39-,41+,42+,43+,49+,50+,51+,52+,53+,54+,55+,56-,57-,58-,59-,60-,61-,62-,63-,65+,66+,67-,68-,69+;;/m0../s1. The molecule has 46 nitrogen and oxygen atoms in total. The maximum atomic E-state index is 13.9. The molecule has 6 fully saturated rings. The van der Waals surface area contributed by atoms with Crippen LogP contribution in [-0.2, 0) is 95.3 Å². The second-order valence-corrected chi connectivity index (χ2v) is 30.6. The van der Waals surface area contributed by atoms with Gasteiger partial charge >= 0.3 is 0 Å². The number of hydrogen-bond acceptors (Lipinski definition) is 38. The van der Waals surface area contributed by atoms with Crippen LogP contribution in [0.25, 0.3) is 0 Å². The van der Waals surface area contributed by atoms with Crippen LogP contribution in [0.15, 0.2) is 0 Å². The number of amides is 8. The van der Waals surface area contributed by atoms with Gasteiger partial charge in [0.25, 0.3) is 0 Å². The molecule has 46 heteroatoms. The molecule has 121 heavy (non-hydrogen) atoms. The number of likely N-dealkylation sites (tertiary alicyclic amines) is 1. The number of carbonyl (C=O) groups excluding carboxylic acids is 10. The Balaban J connectivity index is 0.00000289. The van der Waals surface area contributed by atoms with E-state index >= 15 is 0 Å². The van der Waals surface area contributed by atoms with Crippen molar-refractivity contribution in [1.29, 1.82) is 0 Å². The number of unbranched alkanes of at least 4 members (excludes halogenated alkanes) is 5. The van der Waals surface area contributed by atoms with Crippen molar-refractivity contribution in [3.8, 4) is 0 Å². The Morgan fingerprint density at radius 3 is 1.36 bits per heavy atom. The number of primary amides is 2. The summed E-state index contributed by atoms with van der Waals surface area (Å²) in [6.45, 7) is 3.27. The fourth-order valence-electron chi connectivity index (χ4n) is 13.5. The van der Waals surface area contributed by atoms with Crippen LogP contribution in [0.2, 0.25) is 0 Å². The Morgan fingerprint density at radius 2 is 0.876 bits per heavy atom. The summed E-state index contributed by atoms with van der Waals surface area (Å²) in [5.41, 5.74) is 14.9. The van der Waals surface area contributed by atoms with Gasteiger partial charge in [0.1, 0.15) is 116 Å². The van der Waals surface area contributed by atoms with E-state index in [9.17, 15) is 130 Å². The van der Waals surface area contributed by atoms with Gasteiger partial charge in [0.2, 0.25) is 47.3 Å². The lowest BCUT2D eigenvalue weighted by Crippen LogP contribution is -2.65. The molecule has 8 amide bonds. The quantitative estimate of drug-likeness (QED) is 0.0252. The number of Topliss-reactive ketones (excluding diaryl/α,β-unsaturated/α-hetero) is 2. The maximum absolute atomic E-state index is 13.9. The maximum Gasteiger partial charge on any atom is 0.234 e. The van der Waals surface area contributed by atoms with E-state index < -0.39 is 241 Å². The first-order valence-electron chi connectivity index (χ1n) is 41.2. The van der Waals surface area contributed by atoms with E-state index in [1.807, 2.05) is 0 Å². The summed E-state index contributed by atoms with van der Waals surface area (Å²) in [5, 5.41) is 180. The molecule has 6 aliphatic rings. The molecule has 0 aromatic rings. The number of nitrogens with two attached hydrogens (primary N) is 3. The molecule has 0 radical (unpaired) electrons. The van der Waals surface area contributed by atoms with Gasteiger partial charge in [-0.3, -0.25) is 52.8 Å². The Labute approximate surface area is 700 Å². The molecule has 0 aromatic carbocycles. The van der Waals surface area contributed by atoms with E-state index in [-0.39, 0.29) is 120 Å². The van der Waals surface area contributed by atoms with Crippen molar-refractivity contribution in [3.63, 3.8) is 0 Å². The minimum absolute atomic E-state index is 0.0164. The second-order valence-electron chi connectivity index (χ2n) is 30.6. The average molecular weight is 1750 g/mol. The second kappa shape index (κ2) is 56.1. The smallest absolute Gasteiger partial charge is 0.234 e. The molecule has 6 aliphatic heterocycles. The largest absolute Gasteiger partial charge is 0.394 e. The van der Waals surface area contributed by atoms with Gasteiger partial charge in [-0.1, -0.05) is 26.7 Å². The van der Waals surface area contributed by atoms with Crippen molar-refractivity contribution in [2.75, 3.05) is 105 Å². The summed E-state index contributed by atoms with van der Waals surface area (Å²) in [6, 6.07) is -0.629. The van der Waals surface area contributed by atoms with Crippen molar-refractivity contribution in [2.45, 2.75) is 297 Å². The summed E-state index contributed by atoms with van der Waals surface area (Å²) in [7, 11) is 0. The third-order valence-electron chi connectivity index (χ3n) is 20.9. The van der Waals surface area contributed by atoms with Crippen LogP contribution in [0.1, 0.15) is 137 Å². The number of piperidine rings is 1. The van der Waals surface area contributed by atoms with Gasteiger partial charge in [0.15, 0.2) is 37.2 Å². The molecule has 0 saturated carbocycles. The van der Waals surface area contributed by atoms with Gasteiger partial charge in [-0.05, 0) is 85.1 Å². The van der Waals surface area contributed by atoms with Crippen LogP contribution in [-0.4, -0.2) is 415 Å². The number of nitrogens with one attached hydrogen (secondary N) is 5. The van der Waals surface area contributed by atoms with Crippen LogP contribution in [0.5, 0.6) is 0 Å². The number of carbonyl (C=O) groups is 10. The Bertz CT molecular complexity index is 3030. The molecule has 28 atom stereocenters. The zero-order valence-corrected chi connectivity index (χ0v) is 69.2. The van der Waals surface area contributed by atoms with Gasteiger partial charge in [0, 0.05) is 77.3 Å². The number of aliphatic hydroxyl groups excluding tert-OH is 16. The predicted molar refractivity (Wildman–Crippen MR) is 414 cm³/mol. The molecule has 0 bridgehead atoms. The van der Waals surface area contributed by atoms with E-state index in [2.05, 4.69) is 38.1 Å². The summed E-state index contributed by atoms with van der Waals surface area (Å²) in [5.74, 6) is -5.72. The highest BCUT2D eigenvalue weighted by molar-refractivity contribution is 5.88. The number of hydrogen-bond donors (Lipinski definition) is 24. The van der Waals surface area contributed by atoms with E-state index in [1.54, 1.807) is 13.8 Å². The minimum Gasteiger partial charge on any atom is -0.394 e. The van der Waals surface area contributed by atoms with E-state index in [0.717, 1.165) is 0 Å². The lowest BCUT2D eigenvalue weighted by molar-refractivity contribution is -0.366. The monoisotopic (exact) mass is 1750 g/mol. The molecule has 6 rings (SSSR count). The van der Waals surface area contributed by atoms with E-state index in [1.165, 1.54) is 30.6 Å². The first-order valence-corrected chi connectivity index (χ1v) is 41.2. The zero-order chi connectivity index (χ0) is 90.3. The molecule has 2 unspecified atom stereocenters. The summed E-state index contributed by atoms with van der Waals surface area (Å²) in [4.78, 5) is 129. The van der Waals surface area contributed by atoms with Gasteiger partial charge in [-0.25, -0.2) is 0 Å². The first-order chi connectivity index (χ1) is 57.3. The van der Waals surface area contributed by atoms with Crippen molar-refractivity contribution >= 4 is 58.8 Å². The zero-order valence-electron chi connectivity index (χ0n) is 69.2. The van der Waals surface area contributed by atoms with Crippen LogP contribution in [0.3, 0.4) is 0 Å². The highest BCUT2D eigenvalue weighted by Gasteiger charge is 2.53. The molecule has 6 saturated heterocycles. The van der Waals surface area contributed by atoms with E-state index in [0.29, 0.717) is 77.2 Å².